The van der Waals surface area contributed by atoms with Crippen LogP contribution in [0.1, 0.15) is 17.2 Å². The third kappa shape index (κ3) is 5.05. The number of piperazine rings is 1. The molecule has 33 heavy (non-hydrogen) atoms. The highest BCUT2D eigenvalue weighted by Crippen LogP contribution is 2.34. The van der Waals surface area contributed by atoms with Crippen LogP contribution in [0.25, 0.3) is 0 Å². The maximum atomic E-state index is 13.1. The van der Waals surface area contributed by atoms with Crippen LogP contribution >= 0.6 is 0 Å². The summed E-state index contributed by atoms with van der Waals surface area (Å²) in [4.78, 5) is 13.4. The Bertz CT molecular complexity index is 1170. The zero-order valence-electron chi connectivity index (χ0n) is 18.3. The Morgan fingerprint density at radius 1 is 0.879 bits per heavy atom. The number of hydrogen-bond acceptors (Lipinski definition) is 6. The molecule has 0 saturated carbocycles. The maximum Gasteiger partial charge on any atom is 0.293 e. The third-order valence-electron chi connectivity index (χ3n) is 5.83. The molecule has 0 atom stereocenters. The molecule has 4 rings (SSSR count). The van der Waals surface area contributed by atoms with E-state index in [0.717, 1.165) is 17.2 Å². The molecule has 0 bridgehead atoms. The predicted molar refractivity (Wildman–Crippen MR) is 128 cm³/mol. The average Bonchev–Trinajstić information content (AvgIpc) is 2.83. The van der Waals surface area contributed by atoms with Gasteiger partial charge in [-0.2, -0.15) is 4.31 Å². The van der Waals surface area contributed by atoms with Crippen LogP contribution in [0.2, 0.25) is 0 Å². The van der Waals surface area contributed by atoms with Crippen LogP contribution in [0.3, 0.4) is 0 Å². The minimum atomic E-state index is -3.82. The summed E-state index contributed by atoms with van der Waals surface area (Å²) in [7, 11) is -1.88. The maximum absolute atomic E-state index is 13.1. The first-order chi connectivity index (χ1) is 15.9. The molecule has 0 aromatic heterocycles. The summed E-state index contributed by atoms with van der Waals surface area (Å²) < 4.78 is 27.6. The molecular weight excluding hydrogens is 440 g/mol. The monoisotopic (exact) mass is 466 g/mol. The lowest BCUT2D eigenvalue weighted by Crippen LogP contribution is -2.47. The molecule has 0 unspecified atom stereocenters. The Morgan fingerprint density at radius 2 is 1.42 bits per heavy atom. The number of hydrogen-bond donors (Lipinski definition) is 1. The number of nitrogens with one attached hydrogen (secondary N) is 1. The van der Waals surface area contributed by atoms with Crippen molar-refractivity contribution >= 4 is 21.4 Å². The summed E-state index contributed by atoms with van der Waals surface area (Å²) in [6.45, 7) is 1.96. The van der Waals surface area contributed by atoms with Crippen LogP contribution in [-0.2, 0) is 10.0 Å². The molecule has 9 heteroatoms. The topological polar surface area (TPSA) is 95.8 Å². The van der Waals surface area contributed by atoms with E-state index in [1.54, 1.807) is 0 Å². The quantitative estimate of drug-likeness (QED) is 0.421. The molecule has 1 saturated heterocycles. The number of likely N-dealkylation sites (N-methyl/N-ethyl adjacent to an activating group) is 1. The molecule has 1 heterocycles. The summed E-state index contributed by atoms with van der Waals surface area (Å²) in [5.74, 6) is 0. The van der Waals surface area contributed by atoms with Gasteiger partial charge in [-0.15, -0.1) is 0 Å². The number of sulfonamides is 1. The second kappa shape index (κ2) is 9.70. The lowest BCUT2D eigenvalue weighted by Gasteiger charge is -2.31. The average molecular weight is 467 g/mol. The number of nitro benzene ring substituents is 1. The number of anilines is 1. The van der Waals surface area contributed by atoms with Gasteiger partial charge in [-0.1, -0.05) is 60.7 Å². The second-order valence-corrected chi connectivity index (χ2v) is 9.98. The minimum absolute atomic E-state index is 0.0692. The van der Waals surface area contributed by atoms with Gasteiger partial charge in [0.15, 0.2) is 0 Å². The predicted octanol–water partition coefficient (Wildman–Crippen LogP) is 3.73. The van der Waals surface area contributed by atoms with Gasteiger partial charge in [0.2, 0.25) is 10.0 Å². The number of nitrogens with zero attached hydrogens (tertiary/aromatic N) is 3. The summed E-state index contributed by atoms with van der Waals surface area (Å²) in [5, 5.41) is 15.2. The molecule has 0 radical (unpaired) electrons. The van der Waals surface area contributed by atoms with Crippen molar-refractivity contribution in [3.63, 3.8) is 0 Å². The fraction of sp³-hybridized carbons (Fsp3) is 0.250. The van der Waals surface area contributed by atoms with Crippen molar-refractivity contribution < 1.29 is 13.3 Å². The van der Waals surface area contributed by atoms with E-state index in [1.807, 2.05) is 67.7 Å². The van der Waals surface area contributed by atoms with Crippen molar-refractivity contribution in [2.75, 3.05) is 38.5 Å². The smallest absolute Gasteiger partial charge is 0.293 e. The highest BCUT2D eigenvalue weighted by atomic mass is 32.2. The van der Waals surface area contributed by atoms with Gasteiger partial charge >= 0.3 is 0 Å². The van der Waals surface area contributed by atoms with Gasteiger partial charge in [-0.25, -0.2) is 8.42 Å². The Hall–Kier alpha value is -3.27. The van der Waals surface area contributed by atoms with E-state index in [4.69, 9.17) is 0 Å². The summed E-state index contributed by atoms with van der Waals surface area (Å²) in [6.07, 6.45) is 0. The van der Waals surface area contributed by atoms with E-state index in [2.05, 4.69) is 10.2 Å². The molecule has 1 aliphatic heterocycles. The van der Waals surface area contributed by atoms with Crippen molar-refractivity contribution in [3.8, 4) is 0 Å². The van der Waals surface area contributed by atoms with Gasteiger partial charge in [-0.3, -0.25) is 10.1 Å². The van der Waals surface area contributed by atoms with E-state index in [1.165, 1.54) is 16.4 Å². The molecule has 3 aromatic carbocycles. The van der Waals surface area contributed by atoms with Crippen molar-refractivity contribution in [1.82, 2.24) is 9.21 Å². The third-order valence-corrected chi connectivity index (χ3v) is 7.73. The molecular formula is C24H26N4O4S. The first-order valence-corrected chi connectivity index (χ1v) is 12.1. The molecule has 172 valence electrons. The molecule has 1 N–H and O–H groups in total. The normalized spacial score (nSPS) is 15.5. The second-order valence-electron chi connectivity index (χ2n) is 8.04. The molecule has 1 aliphatic rings. The first-order valence-electron chi connectivity index (χ1n) is 10.7. The Kier molecular flexibility index (Phi) is 6.73. The number of rotatable bonds is 7. The van der Waals surface area contributed by atoms with Crippen molar-refractivity contribution in [2.45, 2.75) is 10.9 Å². The standard InChI is InChI=1S/C24H26N4O4S/c1-26-14-16-27(17-15-26)33(31,32)21-12-13-22(23(18-21)28(29)30)25-24(19-8-4-2-5-9-19)20-10-6-3-7-11-20/h2-13,18,24-25H,14-17H2,1H3. The molecule has 3 aromatic rings. The van der Waals surface area contributed by atoms with Gasteiger partial charge in [-0.05, 0) is 30.3 Å². The largest absolute Gasteiger partial charge is 0.369 e. The fourth-order valence-corrected chi connectivity index (χ4v) is 5.37. The van der Waals surface area contributed by atoms with Crippen LogP contribution in [0, 0.1) is 10.1 Å². The SMILES string of the molecule is CN1CCN(S(=O)(=O)c2ccc(NC(c3ccccc3)c3ccccc3)c([N+](=O)[O-])c2)CC1. The molecule has 1 fully saturated rings. The zero-order chi connectivity index (χ0) is 23.4. The van der Waals surface area contributed by atoms with Gasteiger partial charge in [0, 0.05) is 32.2 Å². The summed E-state index contributed by atoms with van der Waals surface area (Å²) in [6, 6.07) is 23.0. The first kappa shape index (κ1) is 22.9. The van der Waals surface area contributed by atoms with E-state index >= 15 is 0 Å². The molecule has 0 spiro atoms. The lowest BCUT2D eigenvalue weighted by atomic mass is 9.98. The number of benzene rings is 3. The van der Waals surface area contributed by atoms with E-state index in [-0.39, 0.29) is 22.3 Å². The fourth-order valence-electron chi connectivity index (χ4n) is 3.93. The van der Waals surface area contributed by atoms with Crippen LogP contribution in [0.5, 0.6) is 0 Å². The molecule has 0 aliphatic carbocycles. The molecule has 0 amide bonds. The van der Waals surface area contributed by atoms with Crippen LogP contribution < -0.4 is 5.32 Å². The van der Waals surface area contributed by atoms with Gasteiger partial charge < -0.3 is 10.2 Å². The minimum Gasteiger partial charge on any atom is -0.369 e. The van der Waals surface area contributed by atoms with E-state index in [0.29, 0.717) is 26.2 Å². The van der Waals surface area contributed by atoms with Gasteiger partial charge in [0.1, 0.15) is 5.69 Å². The van der Waals surface area contributed by atoms with Crippen molar-refractivity contribution in [1.29, 1.82) is 0 Å². The highest BCUT2D eigenvalue weighted by Gasteiger charge is 2.30. The van der Waals surface area contributed by atoms with E-state index in [9.17, 15) is 18.5 Å². The van der Waals surface area contributed by atoms with Crippen LogP contribution in [-0.4, -0.2) is 55.8 Å². The van der Waals surface area contributed by atoms with Crippen molar-refractivity contribution in [2.24, 2.45) is 0 Å². The van der Waals surface area contributed by atoms with Crippen LogP contribution in [0.4, 0.5) is 11.4 Å². The molecule has 8 nitrogen and oxygen atoms in total. The zero-order valence-corrected chi connectivity index (χ0v) is 19.1. The van der Waals surface area contributed by atoms with Gasteiger partial charge in [0.05, 0.1) is 15.9 Å². The van der Waals surface area contributed by atoms with E-state index < -0.39 is 14.9 Å². The Labute approximate surface area is 193 Å². The summed E-state index contributed by atoms with van der Waals surface area (Å²) in [5.41, 5.74) is 1.86. The van der Waals surface area contributed by atoms with Crippen molar-refractivity contribution in [3.05, 3.63) is 100 Å². The lowest BCUT2D eigenvalue weighted by molar-refractivity contribution is -0.384. The van der Waals surface area contributed by atoms with Gasteiger partial charge in [0.25, 0.3) is 5.69 Å². The summed E-state index contributed by atoms with van der Waals surface area (Å²) >= 11 is 0. The Morgan fingerprint density at radius 3 is 1.94 bits per heavy atom. The van der Waals surface area contributed by atoms with Crippen LogP contribution in [0.15, 0.2) is 83.8 Å². The Balaban J connectivity index is 1.70. The number of nitro groups is 1. The highest BCUT2D eigenvalue weighted by molar-refractivity contribution is 7.89.